The molecule has 1 aliphatic carbocycles. The van der Waals surface area contributed by atoms with Crippen LogP contribution in [-0.4, -0.2) is 110 Å². The minimum absolute atomic E-state index is 0.00749. The third-order valence-electron chi connectivity index (χ3n) is 11.7. The molecule has 18 heteroatoms. The molecule has 2 aromatic rings. The minimum atomic E-state index is -1.00. The number of urea groups is 1. The van der Waals surface area contributed by atoms with Crippen LogP contribution in [0.4, 0.5) is 10.5 Å². The van der Waals surface area contributed by atoms with Gasteiger partial charge in [-0.25, -0.2) is 4.79 Å². The van der Waals surface area contributed by atoms with Gasteiger partial charge >= 0.3 is 6.03 Å². The van der Waals surface area contributed by atoms with Gasteiger partial charge in [-0.2, -0.15) is 0 Å². The van der Waals surface area contributed by atoms with E-state index in [1.54, 1.807) is 47.0 Å². The molecule has 0 saturated heterocycles. The van der Waals surface area contributed by atoms with Gasteiger partial charge in [0.2, 0.25) is 29.5 Å². The fourth-order valence-electron chi connectivity index (χ4n) is 7.62. The number of anilines is 1. The van der Waals surface area contributed by atoms with Crippen molar-refractivity contribution in [3.05, 3.63) is 70.8 Å². The van der Waals surface area contributed by atoms with Gasteiger partial charge in [-0.3, -0.25) is 33.5 Å². The van der Waals surface area contributed by atoms with Crippen LogP contribution < -0.4 is 42.4 Å². The number of nitrogens with two attached hydrogens (primary N) is 1. The van der Waals surface area contributed by atoms with Gasteiger partial charge in [-0.15, -0.1) is 0 Å². The lowest BCUT2D eigenvalue weighted by atomic mass is 9.76. The highest BCUT2D eigenvalue weighted by molar-refractivity contribution is 7.98. The van der Waals surface area contributed by atoms with Crippen molar-refractivity contribution in [2.75, 3.05) is 45.7 Å². The van der Waals surface area contributed by atoms with Gasteiger partial charge in [0.1, 0.15) is 12.1 Å². The standard InChI is InChI=1S/C48H73N9O8S/c1-30(24-26-57(10)44(64)40(46(2,3)4)55-43(63)39(50-9)48(7,8)31-17-12-11-13-18-31)41(61)56-66-36-23-22-34(32-19-14-15-20-33(32)36)54-42(62)35(21-16-25-51-45(49)65)53-38(60)28-52-37(59)27-47(5,6)29-58/h11-13,17-18,22-24,35,39-40,50,58H,14-16,19-21,25-29H2,1-10H3,(H,52,59)(H,53,60)(H,54,62)(H,55,63)(H,56,61)(H3,49,51,65)/b30-24+. The lowest BCUT2D eigenvalue weighted by Gasteiger charge is -2.38. The van der Waals surface area contributed by atoms with Gasteiger partial charge in [0.25, 0.3) is 5.91 Å². The summed E-state index contributed by atoms with van der Waals surface area (Å²) in [6.45, 7) is 14.5. The Morgan fingerprint density at radius 1 is 0.848 bits per heavy atom. The Morgan fingerprint density at radius 2 is 1.50 bits per heavy atom. The van der Waals surface area contributed by atoms with E-state index in [4.69, 9.17) is 5.73 Å². The van der Waals surface area contributed by atoms with Gasteiger partial charge in [-0.1, -0.05) is 84.9 Å². The quantitative estimate of drug-likeness (QED) is 0.0445. The van der Waals surface area contributed by atoms with Crippen molar-refractivity contribution in [1.29, 1.82) is 0 Å². The number of nitrogens with one attached hydrogen (secondary N) is 7. The number of fused-ring (bicyclic) bond motifs is 1. The summed E-state index contributed by atoms with van der Waals surface area (Å²) in [5.74, 6) is -2.42. The first-order chi connectivity index (χ1) is 30.9. The number of aliphatic hydroxyl groups excluding tert-OH is 1. The molecule has 0 bridgehead atoms. The Bertz CT molecular complexity index is 2070. The molecule has 66 heavy (non-hydrogen) atoms. The van der Waals surface area contributed by atoms with Crippen LogP contribution in [-0.2, 0) is 47.0 Å². The highest BCUT2D eigenvalue weighted by atomic mass is 32.2. The van der Waals surface area contributed by atoms with Crippen LogP contribution in [0.25, 0.3) is 0 Å². The summed E-state index contributed by atoms with van der Waals surface area (Å²) in [4.78, 5) is 93.7. The van der Waals surface area contributed by atoms with Crippen LogP contribution in [0.2, 0.25) is 0 Å². The number of carbonyl (C=O) groups is 7. The predicted octanol–water partition coefficient (Wildman–Crippen LogP) is 3.59. The molecule has 10 N–H and O–H groups in total. The Morgan fingerprint density at radius 3 is 2.11 bits per heavy atom. The number of nitrogens with zero attached hydrogens (tertiary/aromatic N) is 1. The highest BCUT2D eigenvalue weighted by Crippen LogP contribution is 2.35. The zero-order chi connectivity index (χ0) is 49.4. The molecule has 0 fully saturated rings. The topological polar surface area (TPSA) is 253 Å². The fourth-order valence-corrected chi connectivity index (χ4v) is 8.47. The predicted molar refractivity (Wildman–Crippen MR) is 258 cm³/mol. The average Bonchev–Trinajstić information content (AvgIpc) is 3.26. The molecule has 2 aromatic carbocycles. The van der Waals surface area contributed by atoms with Gasteiger partial charge in [0.05, 0.1) is 12.6 Å². The van der Waals surface area contributed by atoms with Gasteiger partial charge in [0.15, 0.2) is 0 Å². The molecule has 3 rings (SSSR count). The van der Waals surface area contributed by atoms with Crippen LogP contribution in [0.3, 0.4) is 0 Å². The molecule has 0 radical (unpaired) electrons. The van der Waals surface area contributed by atoms with Crippen LogP contribution in [0.15, 0.2) is 59.0 Å². The third kappa shape index (κ3) is 16.5. The normalized spacial score (nSPS) is 14.4. The van der Waals surface area contributed by atoms with Crippen LogP contribution in [0, 0.1) is 10.8 Å². The summed E-state index contributed by atoms with van der Waals surface area (Å²) in [7, 11) is 3.37. The first kappa shape index (κ1) is 54.9. The SMILES string of the molecule is CNC(C(=O)NC(C(=O)N(C)C/C=C(\C)C(=O)NSc1ccc(NC(=O)C(CCCNC(N)=O)NC(=O)CNC(=O)CC(C)(C)CO)c2c1CCCC2)C(C)(C)C)C(C)(C)c1ccccc1. The van der Waals surface area contributed by atoms with Crippen molar-refractivity contribution in [2.45, 2.75) is 129 Å². The maximum Gasteiger partial charge on any atom is 0.312 e. The molecule has 17 nitrogen and oxygen atoms in total. The second-order valence-corrected chi connectivity index (χ2v) is 20.2. The van der Waals surface area contributed by atoms with E-state index in [0.29, 0.717) is 24.1 Å². The number of likely N-dealkylation sites (N-methyl/N-ethyl adjacent to an activating group) is 2. The second kappa shape index (κ2) is 24.9. The molecule has 8 amide bonds. The largest absolute Gasteiger partial charge is 0.396 e. The Kier molecular flexibility index (Phi) is 20.7. The summed E-state index contributed by atoms with van der Waals surface area (Å²) < 4.78 is 2.92. The molecule has 3 unspecified atom stereocenters. The summed E-state index contributed by atoms with van der Waals surface area (Å²) >= 11 is 1.17. The van der Waals surface area contributed by atoms with E-state index in [1.165, 1.54) is 16.8 Å². The van der Waals surface area contributed by atoms with Crippen molar-refractivity contribution in [3.63, 3.8) is 0 Å². The Labute approximate surface area is 394 Å². The van der Waals surface area contributed by atoms with E-state index in [2.05, 4.69) is 36.6 Å². The second-order valence-electron chi connectivity index (χ2n) is 19.4. The average molecular weight is 936 g/mol. The van der Waals surface area contributed by atoms with E-state index < -0.39 is 58.1 Å². The van der Waals surface area contributed by atoms with Gasteiger partial charge in [0, 0.05) is 54.7 Å². The van der Waals surface area contributed by atoms with Crippen molar-refractivity contribution in [3.8, 4) is 0 Å². The Balaban J connectivity index is 1.68. The summed E-state index contributed by atoms with van der Waals surface area (Å²) in [5.41, 5.74) is 7.19. The maximum atomic E-state index is 13.9. The fraction of sp³-hybridized carbons (Fsp3) is 0.562. The molecular weight excluding hydrogens is 863 g/mol. The third-order valence-corrected chi connectivity index (χ3v) is 12.6. The van der Waals surface area contributed by atoms with E-state index in [9.17, 15) is 38.7 Å². The lowest BCUT2D eigenvalue weighted by molar-refractivity contribution is -0.139. The van der Waals surface area contributed by atoms with Crippen LogP contribution in [0.5, 0.6) is 0 Å². The number of benzene rings is 2. The molecule has 0 heterocycles. The van der Waals surface area contributed by atoms with E-state index in [0.717, 1.165) is 40.8 Å². The number of rotatable bonds is 23. The molecular formula is C48H73N9O8S. The highest BCUT2D eigenvalue weighted by Gasteiger charge is 2.40. The zero-order valence-electron chi connectivity index (χ0n) is 40.4. The van der Waals surface area contributed by atoms with E-state index >= 15 is 0 Å². The summed E-state index contributed by atoms with van der Waals surface area (Å²) in [6, 6.07) is 10.1. The van der Waals surface area contributed by atoms with E-state index in [-0.39, 0.29) is 56.8 Å². The number of carbonyl (C=O) groups excluding carboxylic acids is 7. The van der Waals surface area contributed by atoms with Crippen molar-refractivity contribution < 1.29 is 38.7 Å². The number of amides is 8. The molecule has 0 aliphatic heterocycles. The maximum absolute atomic E-state index is 13.9. The molecule has 3 atom stereocenters. The lowest BCUT2D eigenvalue weighted by Crippen LogP contribution is -2.60. The zero-order valence-corrected chi connectivity index (χ0v) is 41.2. The molecule has 0 aromatic heterocycles. The van der Waals surface area contributed by atoms with Gasteiger partial charge in [-0.05, 0) is 104 Å². The number of hydrogen-bond donors (Lipinski definition) is 9. The Hall–Kier alpha value is -5.46. The summed E-state index contributed by atoms with van der Waals surface area (Å²) in [5, 5.41) is 26.3. The number of primary amides is 1. The van der Waals surface area contributed by atoms with Crippen molar-refractivity contribution >= 4 is 59.1 Å². The van der Waals surface area contributed by atoms with Crippen molar-refractivity contribution in [2.24, 2.45) is 16.6 Å². The van der Waals surface area contributed by atoms with Crippen LogP contribution >= 0.6 is 11.9 Å². The van der Waals surface area contributed by atoms with E-state index in [1.807, 2.05) is 71.0 Å². The number of hydrogen-bond acceptors (Lipinski definition) is 10. The first-order valence-corrected chi connectivity index (χ1v) is 23.3. The molecule has 1 aliphatic rings. The smallest absolute Gasteiger partial charge is 0.312 e. The molecule has 0 saturated carbocycles. The van der Waals surface area contributed by atoms with Crippen molar-refractivity contribution in [1.82, 2.24) is 36.2 Å². The van der Waals surface area contributed by atoms with Gasteiger partial charge < -0.3 is 47.6 Å². The first-order valence-electron chi connectivity index (χ1n) is 22.5. The minimum Gasteiger partial charge on any atom is -0.396 e. The summed E-state index contributed by atoms with van der Waals surface area (Å²) in [6.07, 6.45) is 5.37. The molecule has 364 valence electrons. The number of aliphatic hydroxyl groups is 1. The van der Waals surface area contributed by atoms with Crippen LogP contribution in [0.1, 0.15) is 104 Å². The molecule has 0 spiro atoms. The monoisotopic (exact) mass is 936 g/mol.